The first-order valence-corrected chi connectivity index (χ1v) is 7.66. The van der Waals surface area contributed by atoms with E-state index in [4.69, 9.17) is 4.98 Å². The molecule has 1 amide bonds. The first kappa shape index (κ1) is 14.1. The Bertz CT molecular complexity index is 555. The Morgan fingerprint density at radius 3 is 2.67 bits per heavy atom. The van der Waals surface area contributed by atoms with Crippen LogP contribution in [0, 0.1) is 6.92 Å². The average Bonchev–Trinajstić information content (AvgIpc) is 3.19. The van der Waals surface area contributed by atoms with Crippen LogP contribution in [0.4, 0.5) is 11.6 Å². The maximum atomic E-state index is 11.2. The summed E-state index contributed by atoms with van der Waals surface area (Å²) in [6.45, 7) is 5.38. The van der Waals surface area contributed by atoms with Crippen LogP contribution in [0.3, 0.4) is 0 Å². The second kappa shape index (κ2) is 5.50. The van der Waals surface area contributed by atoms with E-state index in [2.05, 4.69) is 27.4 Å². The summed E-state index contributed by atoms with van der Waals surface area (Å²) in [5.74, 6) is 3.47. The molecule has 1 saturated heterocycles. The minimum Gasteiger partial charge on any atom is -0.373 e. The number of hydrogen-bond acceptors (Lipinski definition) is 5. The van der Waals surface area contributed by atoms with Gasteiger partial charge < -0.3 is 15.5 Å². The van der Waals surface area contributed by atoms with E-state index >= 15 is 0 Å². The zero-order valence-corrected chi connectivity index (χ0v) is 12.9. The molecule has 1 aliphatic heterocycles. The average molecular weight is 289 g/mol. The van der Waals surface area contributed by atoms with E-state index in [0.717, 1.165) is 42.5 Å². The fraction of sp³-hybridized carbons (Fsp3) is 0.667. The first-order valence-electron chi connectivity index (χ1n) is 7.66. The normalized spacial score (nSPS) is 21.5. The maximum absolute atomic E-state index is 11.2. The molecule has 1 aromatic rings. The van der Waals surface area contributed by atoms with Gasteiger partial charge in [-0.3, -0.25) is 4.79 Å². The van der Waals surface area contributed by atoms with Crippen molar-refractivity contribution in [2.45, 2.75) is 45.1 Å². The topological polar surface area (TPSA) is 70.2 Å². The molecule has 0 aromatic carbocycles. The number of amides is 1. The Hall–Kier alpha value is -1.85. The highest BCUT2D eigenvalue weighted by molar-refractivity contribution is 5.73. The molecule has 1 atom stereocenters. The lowest BCUT2D eigenvalue weighted by atomic mass is 10.2. The number of aromatic nitrogens is 2. The Labute approximate surface area is 125 Å². The van der Waals surface area contributed by atoms with Crippen molar-refractivity contribution < 1.29 is 4.79 Å². The molecule has 0 bridgehead atoms. The van der Waals surface area contributed by atoms with E-state index in [1.807, 2.05) is 7.05 Å². The molecule has 2 N–H and O–H groups in total. The Kier molecular flexibility index (Phi) is 3.69. The smallest absolute Gasteiger partial charge is 0.217 e. The fourth-order valence-electron chi connectivity index (χ4n) is 2.95. The summed E-state index contributed by atoms with van der Waals surface area (Å²) >= 11 is 0. The van der Waals surface area contributed by atoms with Crippen LogP contribution in [0.25, 0.3) is 0 Å². The van der Waals surface area contributed by atoms with Gasteiger partial charge in [-0.2, -0.15) is 0 Å². The SMILES string of the molecule is CNc1nc(C2CC2)nc(N2CCC(NC(C)=O)C2)c1C. The lowest BCUT2D eigenvalue weighted by Gasteiger charge is -2.22. The second-order valence-electron chi connectivity index (χ2n) is 6.04. The number of carbonyl (C=O) groups is 1. The van der Waals surface area contributed by atoms with E-state index in [0.29, 0.717) is 5.92 Å². The van der Waals surface area contributed by atoms with Gasteiger partial charge in [-0.25, -0.2) is 9.97 Å². The first-order chi connectivity index (χ1) is 10.1. The number of nitrogens with zero attached hydrogens (tertiary/aromatic N) is 3. The van der Waals surface area contributed by atoms with E-state index in [-0.39, 0.29) is 11.9 Å². The third kappa shape index (κ3) is 2.94. The molecule has 3 rings (SSSR count). The van der Waals surface area contributed by atoms with Gasteiger partial charge in [0, 0.05) is 44.6 Å². The molecule has 1 aliphatic carbocycles. The molecule has 21 heavy (non-hydrogen) atoms. The van der Waals surface area contributed by atoms with Crippen LogP contribution in [0.2, 0.25) is 0 Å². The third-order valence-corrected chi connectivity index (χ3v) is 4.21. The number of carbonyl (C=O) groups excluding carboxylic acids is 1. The summed E-state index contributed by atoms with van der Waals surface area (Å²) in [6.07, 6.45) is 3.36. The Balaban J connectivity index is 1.84. The zero-order chi connectivity index (χ0) is 15.0. The molecule has 1 aromatic heterocycles. The van der Waals surface area contributed by atoms with E-state index in [1.165, 1.54) is 12.8 Å². The van der Waals surface area contributed by atoms with Crippen molar-refractivity contribution >= 4 is 17.5 Å². The quantitative estimate of drug-likeness (QED) is 0.877. The highest BCUT2D eigenvalue weighted by Gasteiger charge is 2.31. The molecule has 6 nitrogen and oxygen atoms in total. The van der Waals surface area contributed by atoms with Crippen molar-refractivity contribution in [1.82, 2.24) is 15.3 Å². The summed E-state index contributed by atoms with van der Waals surface area (Å²) in [5, 5.41) is 6.18. The standard InChI is InChI=1S/C15H23N5O/c1-9-13(16-3)18-14(11-4-5-11)19-15(9)20-7-6-12(8-20)17-10(2)21/h11-12H,4-8H2,1-3H3,(H,17,21)(H,16,18,19). The minimum atomic E-state index is 0.0378. The van der Waals surface area contributed by atoms with Crippen LogP contribution in [-0.4, -0.2) is 42.1 Å². The highest BCUT2D eigenvalue weighted by atomic mass is 16.1. The van der Waals surface area contributed by atoms with Gasteiger partial charge in [-0.15, -0.1) is 0 Å². The summed E-state index contributed by atoms with van der Waals surface area (Å²) in [4.78, 5) is 22.9. The number of anilines is 2. The lowest BCUT2D eigenvalue weighted by Crippen LogP contribution is -2.36. The Morgan fingerprint density at radius 2 is 2.05 bits per heavy atom. The third-order valence-electron chi connectivity index (χ3n) is 4.21. The predicted molar refractivity (Wildman–Crippen MR) is 82.7 cm³/mol. The van der Waals surface area contributed by atoms with Crippen molar-refractivity contribution in [1.29, 1.82) is 0 Å². The molecule has 1 unspecified atom stereocenters. The molecule has 0 radical (unpaired) electrons. The lowest BCUT2D eigenvalue weighted by molar-refractivity contribution is -0.119. The van der Waals surface area contributed by atoms with Crippen molar-refractivity contribution in [3.63, 3.8) is 0 Å². The molecule has 2 heterocycles. The van der Waals surface area contributed by atoms with Gasteiger partial charge >= 0.3 is 0 Å². The zero-order valence-electron chi connectivity index (χ0n) is 12.9. The van der Waals surface area contributed by atoms with Crippen LogP contribution < -0.4 is 15.5 Å². The van der Waals surface area contributed by atoms with Crippen LogP contribution in [-0.2, 0) is 4.79 Å². The molecule has 2 fully saturated rings. The predicted octanol–water partition coefficient (Wildman–Crippen LogP) is 1.42. The largest absolute Gasteiger partial charge is 0.373 e. The fourth-order valence-corrected chi connectivity index (χ4v) is 2.95. The summed E-state index contributed by atoms with van der Waals surface area (Å²) in [6, 6.07) is 0.222. The van der Waals surface area contributed by atoms with E-state index < -0.39 is 0 Å². The highest BCUT2D eigenvalue weighted by Crippen LogP contribution is 2.40. The van der Waals surface area contributed by atoms with Gasteiger partial charge in [0.2, 0.25) is 5.91 Å². The van der Waals surface area contributed by atoms with Gasteiger partial charge in [0.25, 0.3) is 0 Å². The van der Waals surface area contributed by atoms with Gasteiger partial charge in [-0.05, 0) is 26.2 Å². The number of hydrogen-bond donors (Lipinski definition) is 2. The van der Waals surface area contributed by atoms with Gasteiger partial charge in [0.15, 0.2) is 0 Å². The van der Waals surface area contributed by atoms with Crippen LogP contribution >= 0.6 is 0 Å². The minimum absolute atomic E-state index is 0.0378. The number of rotatable bonds is 4. The van der Waals surface area contributed by atoms with Crippen LogP contribution in [0.5, 0.6) is 0 Å². The molecule has 1 saturated carbocycles. The molecule has 2 aliphatic rings. The van der Waals surface area contributed by atoms with Crippen molar-refractivity contribution in [3.05, 3.63) is 11.4 Å². The van der Waals surface area contributed by atoms with Crippen LogP contribution in [0.15, 0.2) is 0 Å². The van der Waals surface area contributed by atoms with Crippen molar-refractivity contribution in [3.8, 4) is 0 Å². The monoisotopic (exact) mass is 289 g/mol. The summed E-state index contributed by atoms with van der Waals surface area (Å²) < 4.78 is 0. The Morgan fingerprint density at radius 1 is 1.29 bits per heavy atom. The van der Waals surface area contributed by atoms with Gasteiger partial charge in [-0.1, -0.05) is 0 Å². The number of nitrogens with one attached hydrogen (secondary N) is 2. The maximum Gasteiger partial charge on any atom is 0.217 e. The van der Waals surface area contributed by atoms with Gasteiger partial charge in [0.1, 0.15) is 17.5 Å². The van der Waals surface area contributed by atoms with Crippen molar-refractivity contribution in [2.24, 2.45) is 0 Å². The molecule has 6 heteroatoms. The van der Waals surface area contributed by atoms with Gasteiger partial charge in [0.05, 0.1) is 0 Å². The van der Waals surface area contributed by atoms with Crippen molar-refractivity contribution in [2.75, 3.05) is 30.4 Å². The van der Waals surface area contributed by atoms with Crippen LogP contribution in [0.1, 0.15) is 43.5 Å². The second-order valence-corrected chi connectivity index (χ2v) is 6.04. The molecular formula is C15H23N5O. The molecule has 114 valence electrons. The summed E-state index contributed by atoms with van der Waals surface area (Å²) in [7, 11) is 1.90. The molecular weight excluding hydrogens is 266 g/mol. The molecule has 0 spiro atoms. The van der Waals surface area contributed by atoms with E-state index in [9.17, 15) is 4.79 Å². The summed E-state index contributed by atoms with van der Waals surface area (Å²) in [5.41, 5.74) is 1.09. The van der Waals surface area contributed by atoms with E-state index in [1.54, 1.807) is 6.92 Å².